The van der Waals surface area contributed by atoms with E-state index in [1.54, 1.807) is 6.92 Å². The van der Waals surface area contributed by atoms with Crippen LogP contribution in [0.15, 0.2) is 33.2 Å². The SMILES string of the molecule is Cc1nnc(NC2CCN(c3ccc(Br)cc3)C2)o1. The Labute approximate surface area is 120 Å². The van der Waals surface area contributed by atoms with Gasteiger partial charge < -0.3 is 14.6 Å². The topological polar surface area (TPSA) is 54.2 Å². The van der Waals surface area contributed by atoms with Crippen LogP contribution in [0.4, 0.5) is 11.7 Å². The molecule has 1 fully saturated rings. The highest BCUT2D eigenvalue weighted by Crippen LogP contribution is 2.23. The molecule has 1 saturated heterocycles. The predicted octanol–water partition coefficient (Wildman–Crippen LogP) is 2.83. The van der Waals surface area contributed by atoms with E-state index in [1.165, 1.54) is 5.69 Å². The Morgan fingerprint density at radius 2 is 2.11 bits per heavy atom. The molecule has 3 rings (SSSR count). The van der Waals surface area contributed by atoms with Crippen molar-refractivity contribution in [1.82, 2.24) is 10.2 Å². The van der Waals surface area contributed by atoms with Gasteiger partial charge in [0.2, 0.25) is 5.89 Å². The summed E-state index contributed by atoms with van der Waals surface area (Å²) >= 11 is 3.45. The summed E-state index contributed by atoms with van der Waals surface area (Å²) in [4.78, 5) is 2.35. The third-order valence-corrected chi connectivity index (χ3v) is 3.76. The van der Waals surface area contributed by atoms with E-state index in [1.807, 2.05) is 0 Å². The molecule has 0 aliphatic carbocycles. The lowest BCUT2D eigenvalue weighted by Gasteiger charge is -2.18. The van der Waals surface area contributed by atoms with Crippen molar-refractivity contribution >= 4 is 27.6 Å². The predicted molar refractivity (Wildman–Crippen MR) is 77.4 cm³/mol. The van der Waals surface area contributed by atoms with E-state index in [0.29, 0.717) is 17.9 Å². The van der Waals surface area contributed by atoms with Crippen molar-refractivity contribution in [3.8, 4) is 0 Å². The average Bonchev–Trinajstić information content (AvgIpc) is 3.00. The fourth-order valence-corrected chi connectivity index (χ4v) is 2.56. The highest BCUT2D eigenvalue weighted by molar-refractivity contribution is 9.10. The fourth-order valence-electron chi connectivity index (χ4n) is 2.29. The summed E-state index contributed by atoms with van der Waals surface area (Å²) in [6.45, 7) is 3.77. The zero-order valence-corrected chi connectivity index (χ0v) is 12.2. The maximum absolute atomic E-state index is 5.34. The van der Waals surface area contributed by atoms with Crippen molar-refractivity contribution in [3.05, 3.63) is 34.6 Å². The summed E-state index contributed by atoms with van der Waals surface area (Å²) in [5.74, 6) is 0.588. The lowest BCUT2D eigenvalue weighted by molar-refractivity contribution is 0.524. The summed E-state index contributed by atoms with van der Waals surface area (Å²) in [5.41, 5.74) is 1.24. The first kappa shape index (κ1) is 12.5. The zero-order valence-electron chi connectivity index (χ0n) is 10.6. The first-order valence-corrected chi connectivity index (χ1v) is 7.07. The number of halogens is 1. The Morgan fingerprint density at radius 3 is 2.79 bits per heavy atom. The average molecular weight is 323 g/mol. The van der Waals surface area contributed by atoms with Crippen molar-refractivity contribution < 1.29 is 4.42 Å². The van der Waals surface area contributed by atoms with Gasteiger partial charge >= 0.3 is 6.01 Å². The molecule has 100 valence electrons. The summed E-state index contributed by atoms with van der Waals surface area (Å²) in [6.07, 6.45) is 1.07. The summed E-state index contributed by atoms with van der Waals surface area (Å²) in [7, 11) is 0. The van der Waals surface area contributed by atoms with Gasteiger partial charge in [0.1, 0.15) is 0 Å². The molecule has 1 unspecified atom stereocenters. The molecule has 0 spiro atoms. The highest BCUT2D eigenvalue weighted by Gasteiger charge is 2.23. The Kier molecular flexibility index (Phi) is 3.42. The van der Waals surface area contributed by atoms with Gasteiger partial charge in [-0.25, -0.2) is 0 Å². The molecule has 0 saturated carbocycles. The Hall–Kier alpha value is -1.56. The monoisotopic (exact) mass is 322 g/mol. The van der Waals surface area contributed by atoms with Crippen molar-refractivity contribution in [1.29, 1.82) is 0 Å². The lowest BCUT2D eigenvalue weighted by atomic mass is 10.3. The van der Waals surface area contributed by atoms with Crippen LogP contribution in [0.1, 0.15) is 12.3 Å². The van der Waals surface area contributed by atoms with Crippen molar-refractivity contribution in [2.24, 2.45) is 0 Å². The van der Waals surface area contributed by atoms with Crippen LogP contribution in [0.5, 0.6) is 0 Å². The molecule has 1 aromatic carbocycles. The lowest BCUT2D eigenvalue weighted by Crippen LogP contribution is -2.26. The number of rotatable bonds is 3. The highest BCUT2D eigenvalue weighted by atomic mass is 79.9. The summed E-state index contributed by atoms with van der Waals surface area (Å²) < 4.78 is 6.45. The van der Waals surface area contributed by atoms with E-state index in [9.17, 15) is 0 Å². The van der Waals surface area contributed by atoms with Crippen LogP contribution >= 0.6 is 15.9 Å². The molecule has 2 heterocycles. The van der Waals surface area contributed by atoms with E-state index in [0.717, 1.165) is 24.0 Å². The number of aromatic nitrogens is 2. The Morgan fingerprint density at radius 1 is 1.32 bits per heavy atom. The van der Waals surface area contributed by atoms with Gasteiger partial charge in [0.25, 0.3) is 0 Å². The maximum Gasteiger partial charge on any atom is 0.315 e. The van der Waals surface area contributed by atoms with E-state index < -0.39 is 0 Å². The maximum atomic E-state index is 5.34. The molecule has 6 heteroatoms. The number of hydrogen-bond donors (Lipinski definition) is 1. The van der Waals surface area contributed by atoms with Crippen LogP contribution in [-0.4, -0.2) is 29.3 Å². The molecule has 5 nitrogen and oxygen atoms in total. The molecule has 1 N–H and O–H groups in total. The number of nitrogens with zero attached hydrogens (tertiary/aromatic N) is 3. The molecule has 1 aliphatic rings. The molecular formula is C13H15BrN4O. The van der Waals surface area contributed by atoms with Crippen molar-refractivity contribution in [2.75, 3.05) is 23.3 Å². The van der Waals surface area contributed by atoms with E-state index in [2.05, 4.69) is 60.6 Å². The second kappa shape index (κ2) is 5.21. The van der Waals surface area contributed by atoms with E-state index in [-0.39, 0.29) is 0 Å². The second-order valence-electron chi connectivity index (χ2n) is 4.68. The van der Waals surface area contributed by atoms with Crippen molar-refractivity contribution in [2.45, 2.75) is 19.4 Å². The van der Waals surface area contributed by atoms with Crippen LogP contribution in [0.2, 0.25) is 0 Å². The fraction of sp³-hybridized carbons (Fsp3) is 0.385. The first-order valence-electron chi connectivity index (χ1n) is 6.28. The van der Waals surface area contributed by atoms with Crippen LogP contribution in [0, 0.1) is 6.92 Å². The second-order valence-corrected chi connectivity index (χ2v) is 5.59. The van der Waals surface area contributed by atoms with Gasteiger partial charge in [-0.15, -0.1) is 5.10 Å². The van der Waals surface area contributed by atoms with Crippen LogP contribution < -0.4 is 10.2 Å². The van der Waals surface area contributed by atoms with Gasteiger partial charge in [0, 0.05) is 36.2 Å². The van der Waals surface area contributed by atoms with Crippen LogP contribution in [0.25, 0.3) is 0 Å². The third kappa shape index (κ3) is 2.89. The smallest absolute Gasteiger partial charge is 0.315 e. The number of hydrogen-bond acceptors (Lipinski definition) is 5. The van der Waals surface area contributed by atoms with E-state index in [4.69, 9.17) is 4.42 Å². The van der Waals surface area contributed by atoms with Crippen LogP contribution in [-0.2, 0) is 0 Å². The van der Waals surface area contributed by atoms with Crippen LogP contribution in [0.3, 0.4) is 0 Å². The molecule has 1 atom stereocenters. The number of anilines is 2. The molecule has 1 aliphatic heterocycles. The summed E-state index contributed by atoms with van der Waals surface area (Å²) in [6, 6.07) is 9.25. The molecule has 2 aromatic rings. The minimum atomic E-state index is 0.350. The zero-order chi connectivity index (χ0) is 13.2. The normalized spacial score (nSPS) is 18.8. The summed E-state index contributed by atoms with van der Waals surface area (Å²) in [5, 5.41) is 11.1. The molecule has 0 bridgehead atoms. The van der Waals surface area contributed by atoms with Gasteiger partial charge in [-0.3, -0.25) is 0 Å². The quantitative estimate of drug-likeness (QED) is 0.941. The number of nitrogens with one attached hydrogen (secondary N) is 1. The minimum absolute atomic E-state index is 0.350. The van der Waals surface area contributed by atoms with Gasteiger partial charge in [-0.2, -0.15) is 0 Å². The van der Waals surface area contributed by atoms with Gasteiger partial charge in [0.15, 0.2) is 0 Å². The molecule has 19 heavy (non-hydrogen) atoms. The number of benzene rings is 1. The Bertz CT molecular complexity index is 554. The molecule has 1 aromatic heterocycles. The van der Waals surface area contributed by atoms with E-state index >= 15 is 0 Å². The molecule has 0 amide bonds. The largest absolute Gasteiger partial charge is 0.408 e. The Balaban J connectivity index is 1.62. The van der Waals surface area contributed by atoms with Gasteiger partial charge in [-0.05, 0) is 30.7 Å². The minimum Gasteiger partial charge on any atom is -0.408 e. The van der Waals surface area contributed by atoms with Gasteiger partial charge in [-0.1, -0.05) is 21.0 Å². The van der Waals surface area contributed by atoms with Gasteiger partial charge in [0.05, 0.1) is 0 Å². The van der Waals surface area contributed by atoms with Crippen molar-refractivity contribution in [3.63, 3.8) is 0 Å². The molecular weight excluding hydrogens is 308 g/mol. The standard InChI is InChI=1S/C13H15BrN4O/c1-9-16-17-13(19-9)15-11-6-7-18(8-11)12-4-2-10(14)3-5-12/h2-5,11H,6-8H2,1H3,(H,15,17). The molecule has 0 radical (unpaired) electrons. The first-order chi connectivity index (χ1) is 9.20. The number of aryl methyl sites for hydroxylation is 1. The third-order valence-electron chi connectivity index (χ3n) is 3.23.